The molecule has 0 aliphatic rings. The second-order valence-electron chi connectivity index (χ2n) is 24.2. The first kappa shape index (κ1) is 52.4. The molecule has 4 aromatic heterocycles. The minimum atomic E-state index is 0.406. The maximum absolute atomic E-state index is 13.1. The first-order valence-electron chi connectivity index (χ1n) is 30.7. The molecule has 6 nitrogen and oxygen atoms in total. The monoisotopic (exact) mass is 1150 g/mol. The summed E-state index contributed by atoms with van der Waals surface area (Å²) in [5.74, 6) is 0. The molecule has 0 saturated heterocycles. The van der Waals surface area contributed by atoms with E-state index in [0.29, 0.717) is 33.9 Å². The smallest absolute Gasteiger partial charge is 0.104 e. The summed E-state index contributed by atoms with van der Waals surface area (Å²) < 4.78 is 9.21. The number of nitrogens with zero attached hydrogens (tertiary/aromatic N) is 6. The van der Waals surface area contributed by atoms with Crippen LogP contribution in [0.3, 0.4) is 0 Å². The van der Waals surface area contributed by atoms with Crippen molar-refractivity contribution in [2.75, 3.05) is 0 Å². The van der Waals surface area contributed by atoms with Gasteiger partial charge in [0, 0.05) is 43.1 Å². The largest absolute Gasteiger partial charge is 0.306 e. The summed E-state index contributed by atoms with van der Waals surface area (Å²) in [6, 6.07) is 102. The third-order valence-corrected chi connectivity index (χ3v) is 18.6. The summed E-state index contributed by atoms with van der Waals surface area (Å²) >= 11 is 0. The van der Waals surface area contributed by atoms with Gasteiger partial charge in [0.2, 0.25) is 0 Å². The summed E-state index contributed by atoms with van der Waals surface area (Å²) in [4.78, 5) is 0. The topological polar surface area (TPSA) is 67.3 Å². The maximum atomic E-state index is 13.1. The Morgan fingerprint density at radius 1 is 0.211 bits per heavy atom. The van der Waals surface area contributed by atoms with Crippen LogP contribution in [0, 0.1) is 50.4 Å². The summed E-state index contributed by atoms with van der Waals surface area (Å²) in [7, 11) is 0. The Kier molecular flexibility index (Phi) is 11.8. The van der Waals surface area contributed by atoms with Crippen molar-refractivity contribution in [3.63, 3.8) is 0 Å². The average molecular weight is 1150 g/mol. The average Bonchev–Trinajstić information content (AvgIpc) is 1.45. The van der Waals surface area contributed by atoms with Crippen LogP contribution in [0.1, 0.15) is 33.4 Å². The van der Waals surface area contributed by atoms with Gasteiger partial charge in [-0.05, 0) is 169 Å². The number of benzene rings is 13. The molecule has 0 saturated carbocycles. The molecule has 6 heteroatoms. The predicted octanol–water partition coefficient (Wildman–Crippen LogP) is 21.7. The molecule has 13 aromatic carbocycles. The summed E-state index contributed by atoms with van der Waals surface area (Å²) in [6.07, 6.45) is 0. The first-order chi connectivity index (χ1) is 44.2. The Hall–Kier alpha value is -12.0. The van der Waals surface area contributed by atoms with Gasteiger partial charge >= 0.3 is 0 Å². The number of hydrogen-bond acceptors (Lipinski definition) is 2. The SMILES string of the molecule is Cc1ccc2c(c1)c1cc(C)ccc1n2-c1c(C#N)c(-n2c3ccc(-c4ccccc4)cc3c3cc(-c4ccccc4)ccc32)c(-n2c3ccc(C)cc3c3cc(C)ccc32)c(C#N)c1-n1c2ccc(-c3ccccc3)cc2c2cc(-c3ccccc3)ccc21. The predicted molar refractivity (Wildman–Crippen MR) is 374 cm³/mol. The molecule has 90 heavy (non-hydrogen) atoms. The van der Waals surface area contributed by atoms with Gasteiger partial charge in [0.25, 0.3) is 0 Å². The lowest BCUT2D eigenvalue weighted by molar-refractivity contribution is 1.02. The standard InChI is InChI=1S/C84H56N6/c1-51-25-33-73-63(41-51)64-42-52(2)26-34-74(64)87(73)81-71(49-85)84(90-79-39-31-61(57-21-13-7-14-22-57)47-69(79)70-48-62(32-40-80(70)90)58-23-15-8-16-24-58)82(88-75-35-27-53(3)43-65(75)66-44-54(4)28-36-76(66)88)72(50-86)83(81)89-77-37-29-59(55-17-9-5-10-18-55)45-67(77)68-46-60(30-38-78(68)89)56-19-11-6-12-20-56/h5-48H,1-4H3. The van der Waals surface area contributed by atoms with E-state index in [2.05, 4.69) is 325 Å². The molecule has 17 aromatic rings. The highest BCUT2D eigenvalue weighted by molar-refractivity contribution is 6.17. The second kappa shape index (κ2) is 20.3. The van der Waals surface area contributed by atoms with Gasteiger partial charge in [0.1, 0.15) is 23.3 Å². The molecule has 17 rings (SSSR count). The zero-order valence-corrected chi connectivity index (χ0v) is 50.1. The van der Waals surface area contributed by atoms with E-state index < -0.39 is 0 Å². The van der Waals surface area contributed by atoms with E-state index in [-0.39, 0.29) is 0 Å². The zero-order valence-electron chi connectivity index (χ0n) is 50.1. The number of hydrogen-bond donors (Lipinski definition) is 0. The van der Waals surface area contributed by atoms with Crippen molar-refractivity contribution in [3.8, 4) is 79.4 Å². The van der Waals surface area contributed by atoms with Crippen molar-refractivity contribution in [1.29, 1.82) is 10.5 Å². The highest BCUT2D eigenvalue weighted by Gasteiger charge is 2.35. The number of nitriles is 2. The van der Waals surface area contributed by atoms with E-state index in [9.17, 15) is 10.5 Å². The number of fused-ring (bicyclic) bond motifs is 12. The molecule has 422 valence electrons. The molecular weight excluding hydrogens is 1090 g/mol. The Labute approximate surface area is 520 Å². The quantitative estimate of drug-likeness (QED) is 0.152. The summed E-state index contributed by atoms with van der Waals surface area (Å²) in [5.41, 5.74) is 23.7. The van der Waals surface area contributed by atoms with Crippen LogP contribution in [0.15, 0.2) is 267 Å². The molecule has 0 bridgehead atoms. The number of rotatable bonds is 8. The van der Waals surface area contributed by atoms with Crippen LogP contribution in [0.5, 0.6) is 0 Å². The molecule has 0 amide bonds. The third kappa shape index (κ3) is 7.95. The highest BCUT2D eigenvalue weighted by atomic mass is 15.1. The second-order valence-corrected chi connectivity index (χ2v) is 24.2. The lowest BCUT2D eigenvalue weighted by atomic mass is 9.98. The van der Waals surface area contributed by atoms with Crippen molar-refractivity contribution < 1.29 is 0 Å². The Morgan fingerprint density at radius 3 is 0.600 bits per heavy atom. The van der Waals surface area contributed by atoms with Gasteiger partial charge in [0.15, 0.2) is 0 Å². The van der Waals surface area contributed by atoms with E-state index in [1.165, 1.54) is 0 Å². The van der Waals surface area contributed by atoms with Crippen LogP contribution in [0.2, 0.25) is 0 Å². The fourth-order valence-electron chi connectivity index (χ4n) is 14.5. The molecular formula is C84H56N6. The Balaban J connectivity index is 1.14. The highest BCUT2D eigenvalue weighted by Crippen LogP contribution is 2.50. The third-order valence-electron chi connectivity index (χ3n) is 18.6. The van der Waals surface area contributed by atoms with E-state index in [1.807, 2.05) is 0 Å². The summed E-state index contributed by atoms with van der Waals surface area (Å²) in [6.45, 7) is 8.56. The minimum absolute atomic E-state index is 0.406. The number of aromatic nitrogens is 4. The minimum Gasteiger partial charge on any atom is -0.306 e. The van der Waals surface area contributed by atoms with Crippen LogP contribution < -0.4 is 0 Å². The molecule has 0 fully saturated rings. The van der Waals surface area contributed by atoms with E-state index in [1.54, 1.807) is 0 Å². The van der Waals surface area contributed by atoms with E-state index in [0.717, 1.165) is 154 Å². The molecule has 0 atom stereocenters. The number of aryl methyl sites for hydroxylation is 4. The van der Waals surface area contributed by atoms with Gasteiger partial charge in [-0.1, -0.05) is 192 Å². The molecule has 0 spiro atoms. The Bertz CT molecular complexity index is 5260. The lowest BCUT2D eigenvalue weighted by Crippen LogP contribution is -2.16. The fraction of sp³-hybridized carbons (Fsp3) is 0.0476. The summed E-state index contributed by atoms with van der Waals surface area (Å²) in [5, 5.41) is 34.6. The van der Waals surface area contributed by atoms with Crippen molar-refractivity contribution in [2.24, 2.45) is 0 Å². The van der Waals surface area contributed by atoms with Crippen molar-refractivity contribution in [3.05, 3.63) is 300 Å². The van der Waals surface area contributed by atoms with Crippen LogP contribution in [0.25, 0.3) is 154 Å². The first-order valence-corrected chi connectivity index (χ1v) is 30.7. The van der Waals surface area contributed by atoms with E-state index in [4.69, 9.17) is 0 Å². The zero-order chi connectivity index (χ0) is 60.5. The van der Waals surface area contributed by atoms with Gasteiger partial charge in [-0.3, -0.25) is 0 Å². The van der Waals surface area contributed by atoms with Crippen molar-refractivity contribution in [1.82, 2.24) is 18.3 Å². The van der Waals surface area contributed by atoms with Crippen LogP contribution in [-0.4, -0.2) is 18.3 Å². The molecule has 0 aliphatic carbocycles. The van der Waals surface area contributed by atoms with Crippen molar-refractivity contribution in [2.45, 2.75) is 27.7 Å². The molecule has 4 heterocycles. The van der Waals surface area contributed by atoms with Gasteiger partial charge in [-0.2, -0.15) is 10.5 Å². The Morgan fingerprint density at radius 2 is 0.400 bits per heavy atom. The van der Waals surface area contributed by atoms with Crippen LogP contribution in [-0.2, 0) is 0 Å². The van der Waals surface area contributed by atoms with Crippen LogP contribution >= 0.6 is 0 Å². The maximum Gasteiger partial charge on any atom is 0.104 e. The van der Waals surface area contributed by atoms with E-state index >= 15 is 0 Å². The molecule has 0 radical (unpaired) electrons. The van der Waals surface area contributed by atoms with Gasteiger partial charge in [-0.15, -0.1) is 0 Å². The molecule has 0 aliphatic heterocycles. The van der Waals surface area contributed by atoms with Gasteiger partial charge < -0.3 is 18.3 Å². The molecule has 0 N–H and O–H groups in total. The van der Waals surface area contributed by atoms with Gasteiger partial charge in [0.05, 0.1) is 66.9 Å². The fourth-order valence-corrected chi connectivity index (χ4v) is 14.5. The van der Waals surface area contributed by atoms with Crippen LogP contribution in [0.4, 0.5) is 0 Å². The molecule has 0 unspecified atom stereocenters. The normalized spacial score (nSPS) is 11.8. The van der Waals surface area contributed by atoms with Crippen molar-refractivity contribution >= 4 is 87.2 Å². The lowest BCUT2D eigenvalue weighted by Gasteiger charge is -2.27. The van der Waals surface area contributed by atoms with Gasteiger partial charge in [-0.25, -0.2) is 0 Å².